The Kier molecular flexibility index (Phi) is 6.79. The molecule has 2 aliphatic rings. The second-order valence-electron chi connectivity index (χ2n) is 7.28. The molecule has 3 heteroatoms. The lowest BCUT2D eigenvalue weighted by Crippen LogP contribution is -2.42. The Hall–Kier alpha value is -0.120. The fourth-order valence-corrected chi connectivity index (χ4v) is 3.41. The molecule has 0 aromatic carbocycles. The highest BCUT2D eigenvalue weighted by Gasteiger charge is 2.22. The molecule has 0 amide bonds. The molecule has 0 aromatic heterocycles. The first-order valence-corrected chi connectivity index (χ1v) is 8.83. The van der Waals surface area contributed by atoms with Crippen LogP contribution in [-0.2, 0) is 0 Å². The van der Waals surface area contributed by atoms with Crippen LogP contribution in [0.3, 0.4) is 0 Å². The molecule has 0 saturated carbocycles. The van der Waals surface area contributed by atoms with Crippen LogP contribution in [0, 0.1) is 11.8 Å². The van der Waals surface area contributed by atoms with Gasteiger partial charge in [-0.3, -0.25) is 0 Å². The molecule has 1 unspecified atom stereocenters. The summed E-state index contributed by atoms with van der Waals surface area (Å²) in [4.78, 5) is 5.34. The quantitative estimate of drug-likeness (QED) is 0.773. The third kappa shape index (κ3) is 5.34. The summed E-state index contributed by atoms with van der Waals surface area (Å²) in [5, 5.41) is 3.65. The summed E-state index contributed by atoms with van der Waals surface area (Å²) >= 11 is 0. The average Bonchev–Trinajstić information content (AvgIpc) is 2.93. The lowest BCUT2D eigenvalue weighted by atomic mass is 9.96. The third-order valence-corrected chi connectivity index (χ3v) is 5.32. The minimum atomic E-state index is 0.641. The lowest BCUT2D eigenvalue weighted by Gasteiger charge is -2.34. The van der Waals surface area contributed by atoms with E-state index in [9.17, 15) is 0 Å². The van der Waals surface area contributed by atoms with Crippen LogP contribution in [0.15, 0.2) is 0 Å². The van der Waals surface area contributed by atoms with E-state index in [1.807, 2.05) is 0 Å². The summed E-state index contributed by atoms with van der Waals surface area (Å²) in [7, 11) is 0. The number of hydrogen-bond donors (Lipinski definition) is 1. The molecular formula is C17H35N3. The highest BCUT2D eigenvalue weighted by Crippen LogP contribution is 2.20. The van der Waals surface area contributed by atoms with E-state index in [2.05, 4.69) is 35.9 Å². The molecule has 0 spiro atoms. The predicted octanol–water partition coefficient (Wildman–Crippen LogP) is 2.43. The summed E-state index contributed by atoms with van der Waals surface area (Å²) < 4.78 is 0. The number of hydrogen-bond acceptors (Lipinski definition) is 3. The van der Waals surface area contributed by atoms with Crippen molar-refractivity contribution in [2.45, 2.75) is 52.5 Å². The lowest BCUT2D eigenvalue weighted by molar-refractivity contribution is 0.153. The molecule has 2 aliphatic heterocycles. The molecule has 2 fully saturated rings. The molecule has 0 aromatic rings. The van der Waals surface area contributed by atoms with E-state index >= 15 is 0 Å². The minimum Gasteiger partial charge on any atom is -0.313 e. The van der Waals surface area contributed by atoms with Crippen molar-refractivity contribution in [1.82, 2.24) is 15.1 Å². The van der Waals surface area contributed by atoms with E-state index in [4.69, 9.17) is 0 Å². The zero-order valence-electron chi connectivity index (χ0n) is 13.9. The maximum Gasteiger partial charge on any atom is 0.0107 e. The average molecular weight is 281 g/mol. The van der Waals surface area contributed by atoms with Crippen molar-refractivity contribution in [3.8, 4) is 0 Å². The van der Waals surface area contributed by atoms with E-state index < -0.39 is 0 Å². The Balaban J connectivity index is 1.54. The SMILES string of the molecule is CC(C)C(C)NCCN1CCC(CN2CCCC2)CC1. The summed E-state index contributed by atoms with van der Waals surface area (Å²) in [6.07, 6.45) is 5.68. The Labute approximate surface area is 126 Å². The van der Waals surface area contributed by atoms with E-state index in [-0.39, 0.29) is 0 Å². The van der Waals surface area contributed by atoms with Gasteiger partial charge >= 0.3 is 0 Å². The molecule has 2 rings (SSSR count). The maximum atomic E-state index is 3.65. The molecule has 3 nitrogen and oxygen atoms in total. The van der Waals surface area contributed by atoms with Gasteiger partial charge in [0.05, 0.1) is 0 Å². The molecule has 2 saturated heterocycles. The fourth-order valence-electron chi connectivity index (χ4n) is 3.41. The molecule has 0 radical (unpaired) electrons. The Bertz CT molecular complexity index is 253. The fraction of sp³-hybridized carbons (Fsp3) is 1.00. The van der Waals surface area contributed by atoms with Gasteiger partial charge in [0.2, 0.25) is 0 Å². The van der Waals surface area contributed by atoms with E-state index in [1.165, 1.54) is 65.0 Å². The number of likely N-dealkylation sites (tertiary alicyclic amines) is 2. The number of rotatable bonds is 7. The molecule has 1 N–H and O–H groups in total. The minimum absolute atomic E-state index is 0.641. The van der Waals surface area contributed by atoms with Gasteiger partial charge in [-0.25, -0.2) is 0 Å². The zero-order valence-corrected chi connectivity index (χ0v) is 13.9. The first-order chi connectivity index (χ1) is 9.65. The summed E-state index contributed by atoms with van der Waals surface area (Å²) in [6, 6.07) is 0.641. The van der Waals surface area contributed by atoms with Crippen LogP contribution in [0.25, 0.3) is 0 Å². The van der Waals surface area contributed by atoms with Crippen LogP contribution in [0.2, 0.25) is 0 Å². The van der Waals surface area contributed by atoms with Gasteiger partial charge in [0, 0.05) is 25.7 Å². The summed E-state index contributed by atoms with van der Waals surface area (Å²) in [5.74, 6) is 1.70. The normalized spacial score (nSPS) is 24.6. The van der Waals surface area contributed by atoms with Crippen molar-refractivity contribution in [2.75, 3.05) is 45.8 Å². The van der Waals surface area contributed by atoms with Crippen molar-refractivity contribution in [3.63, 3.8) is 0 Å². The first-order valence-electron chi connectivity index (χ1n) is 8.83. The van der Waals surface area contributed by atoms with Gasteiger partial charge in [0.1, 0.15) is 0 Å². The van der Waals surface area contributed by atoms with Gasteiger partial charge in [0.15, 0.2) is 0 Å². The Morgan fingerprint density at radius 3 is 2.20 bits per heavy atom. The van der Waals surface area contributed by atoms with Gasteiger partial charge in [-0.1, -0.05) is 13.8 Å². The van der Waals surface area contributed by atoms with Crippen LogP contribution in [0.1, 0.15) is 46.5 Å². The van der Waals surface area contributed by atoms with Crippen molar-refractivity contribution in [2.24, 2.45) is 11.8 Å². The zero-order chi connectivity index (χ0) is 14.4. The highest BCUT2D eigenvalue weighted by atomic mass is 15.2. The van der Waals surface area contributed by atoms with E-state index in [0.29, 0.717) is 6.04 Å². The molecule has 2 heterocycles. The van der Waals surface area contributed by atoms with Crippen LogP contribution in [0.4, 0.5) is 0 Å². The molecule has 1 atom stereocenters. The van der Waals surface area contributed by atoms with Crippen molar-refractivity contribution in [1.29, 1.82) is 0 Å². The topological polar surface area (TPSA) is 18.5 Å². The molecule has 0 aliphatic carbocycles. The van der Waals surface area contributed by atoms with Gasteiger partial charge < -0.3 is 15.1 Å². The standard InChI is InChI=1S/C17H35N3/c1-15(2)16(3)18-8-13-19-11-6-17(7-12-19)14-20-9-4-5-10-20/h15-18H,4-14H2,1-3H3. The van der Waals surface area contributed by atoms with Crippen LogP contribution in [-0.4, -0.2) is 61.7 Å². The largest absolute Gasteiger partial charge is 0.313 e. The first kappa shape index (κ1) is 16.3. The smallest absolute Gasteiger partial charge is 0.0107 e. The molecule has 0 bridgehead atoms. The number of nitrogens with zero attached hydrogens (tertiary/aromatic N) is 2. The maximum absolute atomic E-state index is 3.65. The summed E-state index contributed by atoms with van der Waals surface area (Å²) in [5.41, 5.74) is 0. The monoisotopic (exact) mass is 281 g/mol. The van der Waals surface area contributed by atoms with Gasteiger partial charge in [0.25, 0.3) is 0 Å². The van der Waals surface area contributed by atoms with Crippen LogP contribution < -0.4 is 5.32 Å². The van der Waals surface area contributed by atoms with Gasteiger partial charge in [-0.15, -0.1) is 0 Å². The van der Waals surface area contributed by atoms with Gasteiger partial charge in [-0.05, 0) is 70.6 Å². The Morgan fingerprint density at radius 1 is 0.950 bits per heavy atom. The van der Waals surface area contributed by atoms with Gasteiger partial charge in [-0.2, -0.15) is 0 Å². The summed E-state index contributed by atoms with van der Waals surface area (Å²) in [6.45, 7) is 16.0. The second kappa shape index (κ2) is 8.35. The van der Waals surface area contributed by atoms with Crippen molar-refractivity contribution in [3.05, 3.63) is 0 Å². The highest BCUT2D eigenvalue weighted by molar-refractivity contribution is 4.77. The predicted molar refractivity (Wildman–Crippen MR) is 87.1 cm³/mol. The molecule has 118 valence electrons. The molecule has 20 heavy (non-hydrogen) atoms. The van der Waals surface area contributed by atoms with Crippen molar-refractivity contribution < 1.29 is 0 Å². The number of piperidine rings is 1. The third-order valence-electron chi connectivity index (χ3n) is 5.32. The number of nitrogens with one attached hydrogen (secondary N) is 1. The van der Waals surface area contributed by atoms with E-state index in [1.54, 1.807) is 0 Å². The van der Waals surface area contributed by atoms with Crippen LogP contribution in [0.5, 0.6) is 0 Å². The van der Waals surface area contributed by atoms with Crippen LogP contribution >= 0.6 is 0 Å². The molecular weight excluding hydrogens is 246 g/mol. The van der Waals surface area contributed by atoms with Crippen molar-refractivity contribution >= 4 is 0 Å². The van der Waals surface area contributed by atoms with E-state index in [0.717, 1.165) is 18.4 Å². The Morgan fingerprint density at radius 2 is 1.60 bits per heavy atom. The second-order valence-corrected chi connectivity index (χ2v) is 7.28.